The lowest BCUT2D eigenvalue weighted by Gasteiger charge is -2.29. The summed E-state index contributed by atoms with van der Waals surface area (Å²) in [6.45, 7) is 4.13. The van der Waals surface area contributed by atoms with Crippen molar-refractivity contribution in [2.24, 2.45) is 0 Å². The Labute approximate surface area is 191 Å². The number of amides is 2. The third-order valence-corrected chi connectivity index (χ3v) is 6.20. The minimum Gasteiger partial charge on any atom is -0.354 e. The molecule has 2 amide bonds. The molecule has 0 radical (unpaired) electrons. The van der Waals surface area contributed by atoms with E-state index >= 15 is 0 Å². The van der Waals surface area contributed by atoms with Gasteiger partial charge in [-0.1, -0.05) is 54.4 Å². The lowest BCUT2D eigenvalue weighted by molar-refractivity contribution is -0.138. The Morgan fingerprint density at radius 1 is 1.13 bits per heavy atom. The third kappa shape index (κ3) is 6.89. The summed E-state index contributed by atoms with van der Waals surface area (Å²) in [5.74, 6) is -0.367. The van der Waals surface area contributed by atoms with Crippen molar-refractivity contribution < 1.29 is 14.0 Å². The normalized spacial score (nSPS) is 11.8. The molecule has 8 heteroatoms. The Morgan fingerprint density at radius 3 is 2.43 bits per heavy atom. The lowest BCUT2D eigenvalue weighted by Crippen LogP contribution is -2.48. The molecular weight excluding hydrogens is 446 g/mol. The zero-order valence-electron chi connectivity index (χ0n) is 17.0. The SMILES string of the molecule is CCCNC(=O)[C@H](C)N(Cc1ccccc1F)C(=O)CSCc1c(Cl)cccc1Cl. The molecule has 2 rings (SSSR count). The second-order valence-corrected chi connectivity index (χ2v) is 8.57. The van der Waals surface area contributed by atoms with Crippen LogP contribution in [0.2, 0.25) is 10.0 Å². The first-order valence-electron chi connectivity index (χ1n) is 9.66. The second kappa shape index (κ2) is 12.2. The van der Waals surface area contributed by atoms with Crippen molar-refractivity contribution in [1.29, 1.82) is 0 Å². The predicted octanol–water partition coefficient (Wildman–Crippen LogP) is 5.31. The van der Waals surface area contributed by atoms with Gasteiger partial charge in [0.15, 0.2) is 0 Å². The molecule has 1 N–H and O–H groups in total. The molecule has 0 aliphatic carbocycles. The molecule has 0 aliphatic rings. The highest BCUT2D eigenvalue weighted by Crippen LogP contribution is 2.28. The van der Waals surface area contributed by atoms with Gasteiger partial charge >= 0.3 is 0 Å². The molecule has 4 nitrogen and oxygen atoms in total. The molecule has 0 heterocycles. The molecule has 0 spiro atoms. The highest BCUT2D eigenvalue weighted by atomic mass is 35.5. The van der Waals surface area contributed by atoms with Crippen molar-refractivity contribution in [2.75, 3.05) is 12.3 Å². The van der Waals surface area contributed by atoms with Gasteiger partial charge in [-0.05, 0) is 37.1 Å². The summed E-state index contributed by atoms with van der Waals surface area (Å²) in [7, 11) is 0. The maximum absolute atomic E-state index is 14.2. The van der Waals surface area contributed by atoms with Gasteiger partial charge in [-0.2, -0.15) is 0 Å². The maximum Gasteiger partial charge on any atom is 0.242 e. The molecule has 0 bridgehead atoms. The number of nitrogens with one attached hydrogen (secondary N) is 1. The smallest absolute Gasteiger partial charge is 0.242 e. The van der Waals surface area contributed by atoms with Crippen LogP contribution >= 0.6 is 35.0 Å². The van der Waals surface area contributed by atoms with Crippen molar-refractivity contribution >= 4 is 46.8 Å². The Balaban J connectivity index is 2.11. The number of carbonyl (C=O) groups is 2. The minimum atomic E-state index is -0.729. The Hall–Kier alpha value is -1.76. The number of nitrogens with zero attached hydrogens (tertiary/aromatic N) is 1. The summed E-state index contributed by atoms with van der Waals surface area (Å²) < 4.78 is 14.2. The van der Waals surface area contributed by atoms with Crippen molar-refractivity contribution in [3.63, 3.8) is 0 Å². The van der Waals surface area contributed by atoms with Crippen LogP contribution in [0.3, 0.4) is 0 Å². The third-order valence-electron chi connectivity index (χ3n) is 4.55. The number of benzene rings is 2. The summed E-state index contributed by atoms with van der Waals surface area (Å²) in [5, 5.41) is 3.88. The lowest BCUT2D eigenvalue weighted by atomic mass is 10.1. The van der Waals surface area contributed by atoms with E-state index in [0.29, 0.717) is 27.9 Å². The van der Waals surface area contributed by atoms with Gasteiger partial charge in [-0.3, -0.25) is 9.59 Å². The summed E-state index contributed by atoms with van der Waals surface area (Å²) in [6, 6.07) is 10.8. The monoisotopic (exact) mass is 470 g/mol. The first kappa shape index (κ1) is 24.5. The summed E-state index contributed by atoms with van der Waals surface area (Å²) in [6.07, 6.45) is 0.786. The van der Waals surface area contributed by atoms with E-state index in [4.69, 9.17) is 23.2 Å². The van der Waals surface area contributed by atoms with E-state index < -0.39 is 11.9 Å². The fraction of sp³-hybridized carbons (Fsp3) is 0.364. The summed E-state index contributed by atoms with van der Waals surface area (Å²) in [4.78, 5) is 26.8. The van der Waals surface area contributed by atoms with Crippen LogP contribution in [0.15, 0.2) is 42.5 Å². The molecule has 0 aromatic heterocycles. The topological polar surface area (TPSA) is 49.4 Å². The summed E-state index contributed by atoms with van der Waals surface area (Å²) in [5.41, 5.74) is 1.12. The van der Waals surface area contributed by atoms with E-state index in [1.165, 1.54) is 22.7 Å². The van der Waals surface area contributed by atoms with Crippen LogP contribution in [0.1, 0.15) is 31.4 Å². The van der Waals surface area contributed by atoms with Crippen LogP contribution < -0.4 is 5.32 Å². The molecule has 2 aromatic rings. The molecule has 0 unspecified atom stereocenters. The number of thioether (sulfide) groups is 1. The van der Waals surface area contributed by atoms with Gasteiger partial charge in [0, 0.05) is 34.5 Å². The molecule has 1 atom stereocenters. The van der Waals surface area contributed by atoms with E-state index in [9.17, 15) is 14.0 Å². The molecule has 0 aliphatic heterocycles. The maximum atomic E-state index is 14.2. The van der Waals surface area contributed by atoms with E-state index in [1.54, 1.807) is 43.3 Å². The standard InChI is InChI=1S/C22H25Cl2FN2O2S/c1-3-11-26-22(29)15(2)27(12-16-7-4-5-10-20(16)25)21(28)14-30-13-17-18(23)8-6-9-19(17)24/h4-10,15H,3,11-14H2,1-2H3,(H,26,29)/t15-/m0/s1. The zero-order chi connectivity index (χ0) is 22.1. The minimum absolute atomic E-state index is 0.0135. The van der Waals surface area contributed by atoms with E-state index in [0.717, 1.165) is 12.0 Å². The molecule has 0 fully saturated rings. The number of rotatable bonds is 10. The second-order valence-electron chi connectivity index (χ2n) is 6.77. The summed E-state index contributed by atoms with van der Waals surface area (Å²) >= 11 is 13.7. The van der Waals surface area contributed by atoms with Gasteiger partial charge in [0.25, 0.3) is 0 Å². The van der Waals surface area contributed by atoms with Gasteiger partial charge in [-0.25, -0.2) is 4.39 Å². The fourth-order valence-corrected chi connectivity index (χ4v) is 4.43. The van der Waals surface area contributed by atoms with Crippen molar-refractivity contribution in [3.8, 4) is 0 Å². The van der Waals surface area contributed by atoms with Gasteiger partial charge in [0.1, 0.15) is 11.9 Å². The average molecular weight is 471 g/mol. The highest BCUT2D eigenvalue weighted by molar-refractivity contribution is 7.99. The average Bonchev–Trinajstić information content (AvgIpc) is 2.72. The number of halogens is 3. The van der Waals surface area contributed by atoms with Crippen LogP contribution in [-0.2, 0) is 21.9 Å². The highest BCUT2D eigenvalue weighted by Gasteiger charge is 2.26. The predicted molar refractivity (Wildman–Crippen MR) is 122 cm³/mol. The van der Waals surface area contributed by atoms with E-state index in [-0.39, 0.29) is 24.1 Å². The van der Waals surface area contributed by atoms with Crippen LogP contribution in [-0.4, -0.2) is 35.1 Å². The molecule has 162 valence electrons. The Kier molecular flexibility index (Phi) is 9.95. The van der Waals surface area contributed by atoms with Crippen LogP contribution in [0.5, 0.6) is 0 Å². The molecule has 30 heavy (non-hydrogen) atoms. The first-order chi connectivity index (χ1) is 14.3. The van der Waals surface area contributed by atoms with E-state index in [2.05, 4.69) is 5.32 Å². The Morgan fingerprint density at radius 2 is 1.80 bits per heavy atom. The number of hydrogen-bond donors (Lipinski definition) is 1. The zero-order valence-corrected chi connectivity index (χ0v) is 19.3. The van der Waals surface area contributed by atoms with Crippen molar-refractivity contribution in [2.45, 2.75) is 38.6 Å². The number of hydrogen-bond acceptors (Lipinski definition) is 3. The molecular formula is C22H25Cl2FN2O2S. The Bertz CT molecular complexity index is 862. The fourth-order valence-electron chi connectivity index (χ4n) is 2.78. The van der Waals surface area contributed by atoms with Crippen molar-refractivity contribution in [3.05, 3.63) is 69.5 Å². The van der Waals surface area contributed by atoms with Gasteiger partial charge in [-0.15, -0.1) is 11.8 Å². The van der Waals surface area contributed by atoms with Crippen LogP contribution in [0.4, 0.5) is 4.39 Å². The van der Waals surface area contributed by atoms with Gasteiger partial charge in [0.05, 0.1) is 5.75 Å². The molecule has 0 saturated heterocycles. The molecule has 0 saturated carbocycles. The van der Waals surface area contributed by atoms with Gasteiger partial charge in [0.2, 0.25) is 11.8 Å². The largest absolute Gasteiger partial charge is 0.354 e. The van der Waals surface area contributed by atoms with Gasteiger partial charge < -0.3 is 10.2 Å². The van der Waals surface area contributed by atoms with E-state index in [1.807, 2.05) is 6.92 Å². The molecule has 2 aromatic carbocycles. The first-order valence-corrected chi connectivity index (χ1v) is 11.6. The van der Waals surface area contributed by atoms with Crippen LogP contribution in [0.25, 0.3) is 0 Å². The van der Waals surface area contributed by atoms with Crippen molar-refractivity contribution in [1.82, 2.24) is 10.2 Å². The van der Waals surface area contributed by atoms with Crippen LogP contribution in [0, 0.1) is 5.82 Å². The number of carbonyl (C=O) groups excluding carboxylic acids is 2. The quantitative estimate of drug-likeness (QED) is 0.511.